The lowest BCUT2D eigenvalue weighted by molar-refractivity contribution is -0.117. The molecular formula is C20H21FN2O4S3. The molecule has 1 aromatic heterocycles. The van der Waals surface area contributed by atoms with Crippen molar-refractivity contribution >= 4 is 49.1 Å². The number of benzene rings is 2. The standard InChI is InChI=1S/C20H21FN2O4S3/c1-27-15-5-8-18-17(13-15)23(10-11-28-2)20(29-18)22-19(24)9-12-30(25,26)16-6-3-14(21)4-7-16/h3-8,13H,9-12H2,1-2H3. The number of fused-ring (bicyclic) bond motifs is 1. The van der Waals surface area contributed by atoms with E-state index in [0.717, 1.165) is 28.1 Å². The van der Waals surface area contributed by atoms with Crippen LogP contribution in [0.15, 0.2) is 52.4 Å². The Morgan fingerprint density at radius 3 is 2.63 bits per heavy atom. The van der Waals surface area contributed by atoms with Crippen molar-refractivity contribution in [3.63, 3.8) is 0 Å². The number of ether oxygens (including phenoxy) is 1. The zero-order valence-electron chi connectivity index (χ0n) is 16.5. The quantitative estimate of drug-likeness (QED) is 0.473. The fourth-order valence-corrected chi connectivity index (χ4v) is 5.45. The van der Waals surface area contributed by atoms with Crippen molar-refractivity contribution in [2.45, 2.75) is 17.9 Å². The Kier molecular flexibility index (Phi) is 7.32. The van der Waals surface area contributed by atoms with Gasteiger partial charge in [-0.15, -0.1) is 0 Å². The lowest BCUT2D eigenvalue weighted by Gasteiger charge is -2.05. The number of aromatic nitrogens is 1. The molecule has 2 aromatic carbocycles. The van der Waals surface area contributed by atoms with Gasteiger partial charge in [-0.25, -0.2) is 12.8 Å². The fraction of sp³-hybridized carbons (Fsp3) is 0.300. The lowest BCUT2D eigenvalue weighted by Crippen LogP contribution is -2.19. The van der Waals surface area contributed by atoms with Gasteiger partial charge in [0.05, 0.1) is 28.0 Å². The molecule has 0 bridgehead atoms. The first-order valence-electron chi connectivity index (χ1n) is 9.06. The van der Waals surface area contributed by atoms with E-state index in [-0.39, 0.29) is 17.1 Å². The third kappa shape index (κ3) is 5.30. The Hall–Kier alpha value is -2.17. The Balaban J connectivity index is 1.86. The highest BCUT2D eigenvalue weighted by Crippen LogP contribution is 2.23. The minimum Gasteiger partial charge on any atom is -0.497 e. The van der Waals surface area contributed by atoms with Gasteiger partial charge >= 0.3 is 0 Å². The molecule has 0 atom stereocenters. The van der Waals surface area contributed by atoms with Gasteiger partial charge in [0, 0.05) is 24.8 Å². The van der Waals surface area contributed by atoms with Crippen LogP contribution in [0, 0.1) is 5.82 Å². The Morgan fingerprint density at radius 1 is 1.23 bits per heavy atom. The number of rotatable bonds is 8. The molecule has 10 heteroatoms. The molecule has 0 aliphatic heterocycles. The van der Waals surface area contributed by atoms with Crippen molar-refractivity contribution in [3.05, 3.63) is 53.1 Å². The van der Waals surface area contributed by atoms with E-state index < -0.39 is 21.6 Å². The average Bonchev–Trinajstić information content (AvgIpc) is 3.07. The number of amides is 1. The van der Waals surface area contributed by atoms with Crippen molar-refractivity contribution in [3.8, 4) is 5.75 Å². The average molecular weight is 469 g/mol. The molecule has 0 saturated heterocycles. The Morgan fingerprint density at radius 2 is 1.97 bits per heavy atom. The van der Waals surface area contributed by atoms with E-state index in [1.807, 2.05) is 29.0 Å². The molecule has 1 amide bonds. The number of carbonyl (C=O) groups excluding carboxylic acids is 1. The second kappa shape index (κ2) is 9.76. The van der Waals surface area contributed by atoms with Crippen molar-refractivity contribution in [2.75, 3.05) is 24.9 Å². The van der Waals surface area contributed by atoms with Gasteiger partial charge in [0.1, 0.15) is 11.6 Å². The van der Waals surface area contributed by atoms with E-state index in [0.29, 0.717) is 17.1 Å². The van der Waals surface area contributed by atoms with E-state index in [1.165, 1.54) is 23.5 Å². The Bertz CT molecular complexity index is 1220. The van der Waals surface area contributed by atoms with Gasteiger partial charge in [-0.3, -0.25) is 4.79 Å². The largest absolute Gasteiger partial charge is 0.497 e. The third-order valence-corrected chi connectivity index (χ3v) is 7.77. The molecule has 0 saturated carbocycles. The lowest BCUT2D eigenvalue weighted by atomic mass is 10.3. The minimum absolute atomic E-state index is 0.0132. The van der Waals surface area contributed by atoms with E-state index in [1.54, 1.807) is 18.9 Å². The van der Waals surface area contributed by atoms with Gasteiger partial charge in [0.25, 0.3) is 0 Å². The van der Waals surface area contributed by atoms with Crippen molar-refractivity contribution in [1.29, 1.82) is 0 Å². The van der Waals surface area contributed by atoms with E-state index >= 15 is 0 Å². The van der Waals surface area contributed by atoms with Gasteiger partial charge in [-0.2, -0.15) is 16.8 Å². The number of nitrogens with zero attached hydrogens (tertiary/aromatic N) is 2. The number of sulfone groups is 1. The topological polar surface area (TPSA) is 77.7 Å². The highest BCUT2D eigenvalue weighted by Gasteiger charge is 2.17. The van der Waals surface area contributed by atoms with Crippen LogP contribution in [0.3, 0.4) is 0 Å². The molecule has 3 rings (SSSR count). The first-order chi connectivity index (χ1) is 14.3. The van der Waals surface area contributed by atoms with E-state index in [4.69, 9.17) is 4.74 Å². The van der Waals surface area contributed by atoms with Crippen LogP contribution in [0.2, 0.25) is 0 Å². The number of aryl methyl sites for hydroxylation is 1. The monoisotopic (exact) mass is 468 g/mol. The van der Waals surface area contributed by atoms with E-state index in [2.05, 4.69) is 4.99 Å². The molecule has 30 heavy (non-hydrogen) atoms. The minimum atomic E-state index is -3.69. The molecular weight excluding hydrogens is 447 g/mol. The number of methoxy groups -OCH3 is 1. The maximum atomic E-state index is 13.0. The summed E-state index contributed by atoms with van der Waals surface area (Å²) in [5.74, 6) is 0.128. The zero-order chi connectivity index (χ0) is 21.7. The normalized spacial score (nSPS) is 12.4. The summed E-state index contributed by atoms with van der Waals surface area (Å²) >= 11 is 3.05. The van der Waals surface area contributed by atoms with Crippen LogP contribution < -0.4 is 9.54 Å². The summed E-state index contributed by atoms with van der Waals surface area (Å²) in [5, 5.41) is 0. The number of thioether (sulfide) groups is 1. The Labute approximate surface area is 182 Å². The summed E-state index contributed by atoms with van der Waals surface area (Å²) in [5.41, 5.74) is 0.916. The number of carbonyl (C=O) groups is 1. The van der Waals surface area contributed by atoms with Gasteiger partial charge < -0.3 is 9.30 Å². The molecule has 3 aromatic rings. The number of thiazole rings is 1. The fourth-order valence-electron chi connectivity index (χ4n) is 2.80. The van der Waals surface area contributed by atoms with Crippen LogP contribution in [0.1, 0.15) is 6.42 Å². The van der Waals surface area contributed by atoms with Gasteiger partial charge in [-0.05, 0) is 42.7 Å². The van der Waals surface area contributed by atoms with E-state index in [9.17, 15) is 17.6 Å². The summed E-state index contributed by atoms with van der Waals surface area (Å²) in [6.45, 7) is 0.661. The van der Waals surface area contributed by atoms with Crippen molar-refractivity contribution < 1.29 is 22.3 Å². The molecule has 0 N–H and O–H groups in total. The summed E-state index contributed by atoms with van der Waals surface area (Å²) in [7, 11) is -2.10. The predicted octanol–water partition coefficient (Wildman–Crippen LogP) is 3.50. The van der Waals surface area contributed by atoms with Crippen LogP contribution in [-0.4, -0.2) is 43.8 Å². The van der Waals surface area contributed by atoms with Gasteiger partial charge in [0.15, 0.2) is 14.6 Å². The molecule has 0 spiro atoms. The molecule has 0 aliphatic carbocycles. The maximum absolute atomic E-state index is 13.0. The number of hydrogen-bond donors (Lipinski definition) is 0. The first-order valence-corrected chi connectivity index (χ1v) is 12.9. The van der Waals surface area contributed by atoms with Crippen molar-refractivity contribution in [2.24, 2.45) is 4.99 Å². The highest BCUT2D eigenvalue weighted by molar-refractivity contribution is 7.98. The highest BCUT2D eigenvalue weighted by atomic mass is 32.2. The van der Waals surface area contributed by atoms with Crippen LogP contribution in [0.5, 0.6) is 5.75 Å². The van der Waals surface area contributed by atoms with Crippen LogP contribution in [0.25, 0.3) is 10.2 Å². The van der Waals surface area contributed by atoms with Gasteiger partial charge in [-0.1, -0.05) is 11.3 Å². The summed E-state index contributed by atoms with van der Waals surface area (Å²) in [6, 6.07) is 10.2. The van der Waals surface area contributed by atoms with Crippen molar-refractivity contribution in [1.82, 2.24) is 4.57 Å². The number of hydrogen-bond acceptors (Lipinski definition) is 6. The first kappa shape index (κ1) is 22.5. The van der Waals surface area contributed by atoms with Gasteiger partial charge in [0.2, 0.25) is 5.91 Å². The molecule has 160 valence electrons. The molecule has 0 fully saturated rings. The molecule has 0 unspecified atom stereocenters. The maximum Gasteiger partial charge on any atom is 0.249 e. The van der Waals surface area contributed by atoms with Crippen LogP contribution >= 0.6 is 23.1 Å². The number of halogens is 1. The third-order valence-electron chi connectivity index (χ3n) is 4.39. The molecule has 0 aliphatic rings. The van der Waals surface area contributed by atoms with Crippen LogP contribution in [0.4, 0.5) is 4.39 Å². The summed E-state index contributed by atoms with van der Waals surface area (Å²) < 4.78 is 46.0. The summed E-state index contributed by atoms with van der Waals surface area (Å²) in [4.78, 5) is 17.1. The molecule has 0 radical (unpaired) electrons. The second-order valence-corrected chi connectivity index (χ2v) is 10.5. The molecule has 6 nitrogen and oxygen atoms in total. The summed E-state index contributed by atoms with van der Waals surface area (Å²) in [6.07, 6.45) is 1.75. The van der Waals surface area contributed by atoms with Crippen LogP contribution in [-0.2, 0) is 21.2 Å². The predicted molar refractivity (Wildman–Crippen MR) is 118 cm³/mol. The smallest absolute Gasteiger partial charge is 0.249 e. The second-order valence-electron chi connectivity index (χ2n) is 6.39. The molecule has 1 heterocycles. The zero-order valence-corrected chi connectivity index (χ0v) is 18.9. The SMILES string of the molecule is COc1ccc2sc(=NC(=O)CCS(=O)(=O)c3ccc(F)cc3)n(CCSC)c2c1.